The number of fused-ring (bicyclic) bond motifs is 9. The van der Waals surface area contributed by atoms with Gasteiger partial charge in [-0.3, -0.25) is 0 Å². The third kappa shape index (κ3) is 6.61. The average Bonchev–Trinajstić information content (AvgIpc) is 3.82. The SMILES string of the molecule is C.C#CCn1c2ccccc2c2ccccc21.CC.CC1(C#Cc2cccc(C#CC3(C)c4ccccc4-c4ccccc43)c2)c2ccccc2-c2ccccc21. The molecular weight excluding hydrogens is 687 g/mol. The van der Waals surface area contributed by atoms with E-state index in [2.05, 4.69) is 206 Å². The first-order valence-corrected chi connectivity index (χ1v) is 19.4. The molecule has 1 aromatic heterocycles. The second kappa shape index (κ2) is 16.0. The first-order valence-electron chi connectivity index (χ1n) is 19.4. The maximum Gasteiger partial charge on any atom is 0.0841 e. The first kappa shape index (κ1) is 38.3. The number of hydrogen-bond donors (Lipinski definition) is 0. The number of terminal acetylenes is 1. The molecule has 0 saturated heterocycles. The molecule has 0 fully saturated rings. The van der Waals surface area contributed by atoms with Crippen molar-refractivity contribution in [2.45, 2.75) is 52.5 Å². The van der Waals surface area contributed by atoms with Gasteiger partial charge in [0, 0.05) is 32.9 Å². The lowest BCUT2D eigenvalue weighted by Gasteiger charge is -2.20. The van der Waals surface area contributed by atoms with Crippen LogP contribution >= 0.6 is 0 Å². The fourth-order valence-corrected chi connectivity index (χ4v) is 8.51. The van der Waals surface area contributed by atoms with Gasteiger partial charge in [0.05, 0.1) is 17.4 Å². The van der Waals surface area contributed by atoms with E-state index in [1.54, 1.807) is 0 Å². The molecule has 0 atom stereocenters. The second-order valence-electron chi connectivity index (χ2n) is 14.3. The Morgan fingerprint density at radius 3 is 1.16 bits per heavy atom. The molecule has 0 saturated carbocycles. The van der Waals surface area contributed by atoms with Crippen LogP contribution in [0.1, 0.15) is 68.5 Å². The molecule has 0 N–H and O–H groups in total. The van der Waals surface area contributed by atoms with Crippen molar-refractivity contribution in [1.29, 1.82) is 0 Å². The van der Waals surface area contributed by atoms with E-state index in [4.69, 9.17) is 6.42 Å². The van der Waals surface area contributed by atoms with Crippen LogP contribution < -0.4 is 0 Å². The summed E-state index contributed by atoms with van der Waals surface area (Å²) < 4.78 is 2.19. The molecule has 10 rings (SSSR count). The van der Waals surface area contributed by atoms with Crippen molar-refractivity contribution in [1.82, 2.24) is 4.57 Å². The van der Waals surface area contributed by atoms with Crippen LogP contribution in [-0.2, 0) is 17.4 Å². The zero-order valence-corrected chi connectivity index (χ0v) is 32.4. The highest BCUT2D eigenvalue weighted by Gasteiger charge is 2.38. The van der Waals surface area contributed by atoms with Gasteiger partial charge in [-0.2, -0.15) is 0 Å². The number of rotatable bonds is 1. The maximum absolute atomic E-state index is 5.43. The van der Waals surface area contributed by atoms with Gasteiger partial charge in [0.1, 0.15) is 0 Å². The van der Waals surface area contributed by atoms with Gasteiger partial charge in [-0.1, -0.05) is 190 Å². The fraction of sp³-hybridized carbons (Fsp3) is 0.143. The van der Waals surface area contributed by atoms with E-state index in [9.17, 15) is 0 Å². The van der Waals surface area contributed by atoms with Crippen LogP contribution in [0.2, 0.25) is 0 Å². The highest BCUT2D eigenvalue weighted by molar-refractivity contribution is 6.08. The Morgan fingerprint density at radius 2 is 0.789 bits per heavy atom. The molecule has 57 heavy (non-hydrogen) atoms. The standard InChI is InChI=1S/C38H26.C15H11N.C2H6.CH4/c1-37(33-18-7-3-14-29(33)30-15-4-8-19-34(30)37)24-22-27-12-11-13-28(26-27)23-25-38(2)35-20-9-5-16-31(35)32-17-6-10-21-36(32)38;1-2-11-16-14-9-5-3-7-12(14)13-8-4-6-10-15(13)16;1-2;/h3-21,26H,1-2H3;1,3-10H,11H2;1-2H3;1H4. The highest BCUT2D eigenvalue weighted by atomic mass is 15.0. The molecule has 8 aromatic rings. The molecule has 0 amide bonds. The summed E-state index contributed by atoms with van der Waals surface area (Å²) in [6.45, 7) is 9.10. The predicted octanol–water partition coefficient (Wildman–Crippen LogP) is 13.5. The number of nitrogens with zero attached hydrogens (tertiary/aromatic N) is 1. The Balaban J connectivity index is 0.000000218. The van der Waals surface area contributed by atoms with E-state index in [1.165, 1.54) is 66.3 Å². The summed E-state index contributed by atoms with van der Waals surface area (Å²) in [6, 6.07) is 59.6. The molecule has 7 aromatic carbocycles. The topological polar surface area (TPSA) is 4.93 Å². The van der Waals surface area contributed by atoms with E-state index in [-0.39, 0.29) is 18.3 Å². The van der Waals surface area contributed by atoms with Gasteiger partial charge in [-0.15, -0.1) is 6.42 Å². The third-order valence-corrected chi connectivity index (χ3v) is 11.1. The van der Waals surface area contributed by atoms with Crippen molar-refractivity contribution < 1.29 is 0 Å². The lowest BCUT2D eigenvalue weighted by molar-refractivity contribution is 0.778. The summed E-state index contributed by atoms with van der Waals surface area (Å²) in [5.74, 6) is 17.0. The molecule has 1 heteroatoms. The molecule has 0 bridgehead atoms. The van der Waals surface area contributed by atoms with E-state index in [0.29, 0.717) is 6.54 Å². The number of hydrogen-bond acceptors (Lipinski definition) is 0. The van der Waals surface area contributed by atoms with Crippen molar-refractivity contribution in [2.24, 2.45) is 0 Å². The third-order valence-electron chi connectivity index (χ3n) is 11.1. The van der Waals surface area contributed by atoms with Gasteiger partial charge in [-0.25, -0.2) is 0 Å². The van der Waals surface area contributed by atoms with Gasteiger partial charge >= 0.3 is 0 Å². The summed E-state index contributed by atoms with van der Waals surface area (Å²) in [5.41, 5.74) is 13.9. The molecule has 0 aliphatic heterocycles. The quantitative estimate of drug-likeness (QED) is 0.148. The largest absolute Gasteiger partial charge is 0.329 e. The van der Waals surface area contributed by atoms with E-state index in [1.807, 2.05) is 26.0 Å². The Hall–Kier alpha value is -6.98. The molecule has 2 aliphatic rings. The van der Waals surface area contributed by atoms with Crippen LogP contribution in [0.3, 0.4) is 0 Å². The Bertz CT molecular complexity index is 2640. The van der Waals surface area contributed by atoms with Gasteiger partial charge < -0.3 is 4.57 Å². The van der Waals surface area contributed by atoms with Gasteiger partial charge in [-0.05, 0) is 88.7 Å². The lowest BCUT2D eigenvalue weighted by atomic mass is 9.80. The van der Waals surface area contributed by atoms with Crippen LogP contribution in [0.4, 0.5) is 0 Å². The molecule has 276 valence electrons. The predicted molar refractivity (Wildman–Crippen MR) is 243 cm³/mol. The molecule has 0 spiro atoms. The lowest BCUT2D eigenvalue weighted by Crippen LogP contribution is -2.18. The maximum atomic E-state index is 5.43. The van der Waals surface area contributed by atoms with E-state index in [0.717, 1.165) is 11.1 Å². The molecule has 0 radical (unpaired) electrons. The Labute approximate surface area is 339 Å². The minimum absolute atomic E-state index is 0. The van der Waals surface area contributed by atoms with Gasteiger partial charge in [0.2, 0.25) is 0 Å². The number of aromatic nitrogens is 1. The van der Waals surface area contributed by atoms with Crippen molar-refractivity contribution in [3.05, 3.63) is 203 Å². The summed E-state index contributed by atoms with van der Waals surface area (Å²) in [5, 5.41) is 2.54. The van der Waals surface area contributed by atoms with E-state index >= 15 is 0 Å². The summed E-state index contributed by atoms with van der Waals surface area (Å²) >= 11 is 0. The zero-order chi connectivity index (χ0) is 38.7. The van der Waals surface area contributed by atoms with Crippen molar-refractivity contribution in [2.75, 3.05) is 0 Å². The number of benzene rings is 7. The molecule has 2 aliphatic carbocycles. The van der Waals surface area contributed by atoms with Crippen LogP contribution in [-0.4, -0.2) is 4.57 Å². The molecular formula is C56H47N. The number of para-hydroxylation sites is 2. The Kier molecular flexibility index (Phi) is 10.8. The second-order valence-corrected chi connectivity index (χ2v) is 14.3. The molecule has 0 unspecified atom stereocenters. The van der Waals surface area contributed by atoms with Gasteiger partial charge in [0.15, 0.2) is 0 Å². The minimum atomic E-state index is -0.348. The van der Waals surface area contributed by atoms with Crippen molar-refractivity contribution in [3.63, 3.8) is 0 Å². The van der Waals surface area contributed by atoms with Crippen LogP contribution in [0.5, 0.6) is 0 Å². The van der Waals surface area contributed by atoms with Crippen LogP contribution in [0.25, 0.3) is 44.1 Å². The van der Waals surface area contributed by atoms with Crippen molar-refractivity contribution >= 4 is 21.8 Å². The van der Waals surface area contributed by atoms with Crippen molar-refractivity contribution in [3.8, 4) is 58.3 Å². The fourth-order valence-electron chi connectivity index (χ4n) is 8.51. The summed E-state index contributed by atoms with van der Waals surface area (Å²) in [6.07, 6.45) is 5.43. The van der Waals surface area contributed by atoms with Gasteiger partial charge in [0.25, 0.3) is 0 Å². The molecule has 1 nitrogen and oxygen atoms in total. The zero-order valence-electron chi connectivity index (χ0n) is 32.4. The normalized spacial score (nSPS) is 12.8. The van der Waals surface area contributed by atoms with Crippen LogP contribution in [0.15, 0.2) is 170 Å². The Morgan fingerprint density at radius 1 is 0.456 bits per heavy atom. The first-order chi connectivity index (χ1) is 27.5. The molecule has 1 heterocycles. The summed E-state index contributed by atoms with van der Waals surface area (Å²) in [4.78, 5) is 0. The van der Waals surface area contributed by atoms with Crippen LogP contribution in [0, 0.1) is 36.0 Å². The monoisotopic (exact) mass is 733 g/mol. The highest BCUT2D eigenvalue weighted by Crippen LogP contribution is 2.49. The smallest absolute Gasteiger partial charge is 0.0841 e. The van der Waals surface area contributed by atoms with E-state index < -0.39 is 0 Å². The average molecular weight is 734 g/mol. The summed E-state index contributed by atoms with van der Waals surface area (Å²) in [7, 11) is 0. The minimum Gasteiger partial charge on any atom is -0.329 e.